The van der Waals surface area contributed by atoms with Crippen molar-refractivity contribution in [1.82, 2.24) is 14.2 Å². The van der Waals surface area contributed by atoms with Crippen LogP contribution in [0.5, 0.6) is 0 Å². The van der Waals surface area contributed by atoms with Crippen molar-refractivity contribution < 1.29 is 13.2 Å². The summed E-state index contributed by atoms with van der Waals surface area (Å²) in [5, 5.41) is 0.936. The number of fused-ring (bicyclic) bond motifs is 5. The molecule has 25 heavy (non-hydrogen) atoms. The molecule has 0 unspecified atom stereocenters. The molecule has 6 nitrogen and oxygen atoms in total. The Kier molecular flexibility index (Phi) is 4.00. The fourth-order valence-electron chi connectivity index (χ4n) is 3.91. The summed E-state index contributed by atoms with van der Waals surface area (Å²) in [5.41, 5.74) is 1.43. The van der Waals surface area contributed by atoms with Crippen LogP contribution in [0.15, 0.2) is 36.5 Å². The van der Waals surface area contributed by atoms with Crippen LogP contribution in [0.3, 0.4) is 0 Å². The monoisotopic (exact) mass is 359 g/mol. The van der Waals surface area contributed by atoms with Crippen LogP contribution in [0.25, 0.3) is 10.9 Å². The van der Waals surface area contributed by atoms with Gasteiger partial charge in [-0.25, -0.2) is 8.42 Å². The molecule has 5 rings (SSSR count). The molecule has 4 heterocycles. The molecule has 3 aliphatic heterocycles. The van der Waals surface area contributed by atoms with Crippen molar-refractivity contribution in [1.29, 1.82) is 0 Å². The average molecular weight is 359 g/mol. The third-order valence-electron chi connectivity index (χ3n) is 5.25. The highest BCUT2D eigenvalue weighted by molar-refractivity contribution is 7.88. The fourth-order valence-corrected chi connectivity index (χ4v) is 4.84. The number of hydrogen-bond donors (Lipinski definition) is 0. The van der Waals surface area contributed by atoms with Gasteiger partial charge >= 0.3 is 0 Å². The predicted molar refractivity (Wildman–Crippen MR) is 95.7 cm³/mol. The average Bonchev–Trinajstić information content (AvgIpc) is 2.93. The fraction of sp³-hybridized carbons (Fsp3) is 0.444. The van der Waals surface area contributed by atoms with Gasteiger partial charge in [0.1, 0.15) is 0 Å². The van der Waals surface area contributed by atoms with Crippen LogP contribution in [-0.2, 0) is 10.0 Å². The van der Waals surface area contributed by atoms with Gasteiger partial charge in [-0.15, -0.1) is 0 Å². The van der Waals surface area contributed by atoms with Crippen LogP contribution >= 0.6 is 0 Å². The minimum Gasteiger partial charge on any atom is -0.334 e. The van der Waals surface area contributed by atoms with Crippen LogP contribution in [0.1, 0.15) is 23.2 Å². The number of benzene rings is 1. The lowest BCUT2D eigenvalue weighted by atomic mass is 9.94. The highest BCUT2D eigenvalue weighted by Gasteiger charge is 2.39. The maximum atomic E-state index is 13.1. The summed E-state index contributed by atoms with van der Waals surface area (Å²) in [5.74, 6) is 0.147. The minimum absolute atomic E-state index is 0.0525. The third kappa shape index (κ3) is 3.14. The van der Waals surface area contributed by atoms with E-state index in [1.165, 1.54) is 10.6 Å². The second-order valence-corrected chi connectivity index (χ2v) is 9.03. The Bertz CT molecular complexity index is 928. The van der Waals surface area contributed by atoms with Gasteiger partial charge in [-0.3, -0.25) is 9.78 Å². The number of rotatable bonds is 2. The van der Waals surface area contributed by atoms with Crippen molar-refractivity contribution in [3.05, 3.63) is 42.1 Å². The van der Waals surface area contributed by atoms with Crippen LogP contribution in [0.4, 0.5) is 0 Å². The van der Waals surface area contributed by atoms with Gasteiger partial charge in [-0.05, 0) is 30.9 Å². The van der Waals surface area contributed by atoms with Crippen molar-refractivity contribution in [3.63, 3.8) is 0 Å². The molecule has 3 fully saturated rings. The van der Waals surface area contributed by atoms with Gasteiger partial charge < -0.3 is 4.90 Å². The summed E-state index contributed by atoms with van der Waals surface area (Å²) in [7, 11) is -3.23. The normalized spacial score (nSPS) is 24.4. The van der Waals surface area contributed by atoms with Gasteiger partial charge in [0.2, 0.25) is 10.0 Å². The molecule has 3 saturated heterocycles. The first kappa shape index (κ1) is 16.5. The van der Waals surface area contributed by atoms with Crippen molar-refractivity contribution in [2.24, 2.45) is 5.92 Å². The first-order valence-corrected chi connectivity index (χ1v) is 10.4. The molecule has 2 aromatic rings. The zero-order valence-electron chi connectivity index (χ0n) is 14.1. The lowest BCUT2D eigenvalue weighted by Crippen LogP contribution is -2.47. The van der Waals surface area contributed by atoms with E-state index in [4.69, 9.17) is 0 Å². The Hall–Kier alpha value is -1.99. The third-order valence-corrected chi connectivity index (χ3v) is 6.48. The summed E-state index contributed by atoms with van der Waals surface area (Å²) >= 11 is 0. The highest BCUT2D eigenvalue weighted by atomic mass is 32.2. The number of pyridine rings is 1. The number of para-hydroxylation sites is 1. The van der Waals surface area contributed by atoms with E-state index in [1.54, 1.807) is 6.20 Å². The molecule has 7 heteroatoms. The molecule has 0 radical (unpaired) electrons. The smallest absolute Gasteiger partial charge is 0.255 e. The van der Waals surface area contributed by atoms with E-state index in [2.05, 4.69) is 4.98 Å². The van der Waals surface area contributed by atoms with Gasteiger partial charge in [0, 0.05) is 37.3 Å². The Morgan fingerprint density at radius 2 is 1.96 bits per heavy atom. The van der Waals surface area contributed by atoms with E-state index >= 15 is 0 Å². The van der Waals surface area contributed by atoms with Gasteiger partial charge in [0.25, 0.3) is 5.91 Å². The quantitative estimate of drug-likeness (QED) is 0.819. The molecule has 0 spiro atoms. The maximum Gasteiger partial charge on any atom is 0.255 e. The molecule has 2 bridgehead atoms. The Morgan fingerprint density at radius 3 is 2.76 bits per heavy atom. The molecule has 0 aliphatic carbocycles. The Morgan fingerprint density at radius 1 is 1.16 bits per heavy atom. The number of aromatic nitrogens is 1. The Labute approximate surface area is 147 Å². The molecule has 1 aromatic heterocycles. The molecule has 1 aromatic carbocycles. The van der Waals surface area contributed by atoms with E-state index in [1.807, 2.05) is 35.2 Å². The topological polar surface area (TPSA) is 70.6 Å². The summed E-state index contributed by atoms with van der Waals surface area (Å²) in [6.07, 6.45) is 4.69. The summed E-state index contributed by atoms with van der Waals surface area (Å²) < 4.78 is 25.5. The van der Waals surface area contributed by atoms with Gasteiger partial charge in [0.15, 0.2) is 0 Å². The van der Waals surface area contributed by atoms with E-state index < -0.39 is 10.0 Å². The summed E-state index contributed by atoms with van der Waals surface area (Å²) in [6, 6.07) is 9.52. The second-order valence-electron chi connectivity index (χ2n) is 7.05. The predicted octanol–water partition coefficient (Wildman–Crippen LogP) is 1.73. The zero-order chi connectivity index (χ0) is 17.6. The molecule has 0 N–H and O–H groups in total. The number of piperidine rings is 1. The number of carbonyl (C=O) groups is 1. The largest absolute Gasteiger partial charge is 0.334 e. The van der Waals surface area contributed by atoms with Crippen LogP contribution in [0.2, 0.25) is 0 Å². The van der Waals surface area contributed by atoms with Crippen molar-refractivity contribution >= 4 is 26.8 Å². The molecule has 3 aliphatic rings. The van der Waals surface area contributed by atoms with E-state index in [9.17, 15) is 13.2 Å². The van der Waals surface area contributed by atoms with Crippen LogP contribution < -0.4 is 0 Å². The second kappa shape index (κ2) is 6.07. The summed E-state index contributed by atoms with van der Waals surface area (Å²) in [6.45, 7) is 1.51. The number of amides is 1. The number of carbonyl (C=O) groups excluding carboxylic acids is 1. The van der Waals surface area contributed by atoms with Gasteiger partial charge in [-0.2, -0.15) is 4.31 Å². The molecular formula is C18H21N3O3S. The van der Waals surface area contributed by atoms with E-state index in [0.29, 0.717) is 25.2 Å². The minimum atomic E-state index is -3.23. The maximum absolute atomic E-state index is 13.1. The van der Waals surface area contributed by atoms with E-state index in [-0.39, 0.29) is 17.9 Å². The lowest BCUT2D eigenvalue weighted by molar-refractivity contribution is 0.0588. The van der Waals surface area contributed by atoms with Crippen molar-refractivity contribution in [3.8, 4) is 0 Å². The first-order chi connectivity index (χ1) is 11.9. The molecular weight excluding hydrogens is 338 g/mol. The highest BCUT2D eigenvalue weighted by Crippen LogP contribution is 2.30. The van der Waals surface area contributed by atoms with Crippen molar-refractivity contribution in [2.45, 2.75) is 18.9 Å². The lowest BCUT2D eigenvalue weighted by Gasteiger charge is -2.36. The van der Waals surface area contributed by atoms with Gasteiger partial charge in [-0.1, -0.05) is 18.2 Å². The van der Waals surface area contributed by atoms with E-state index in [0.717, 1.165) is 23.7 Å². The van der Waals surface area contributed by atoms with Gasteiger partial charge in [0.05, 0.1) is 17.3 Å². The molecule has 132 valence electrons. The SMILES string of the molecule is CS(=O)(=O)N1C[C@H]2CC[C@@H](C1)N(C(=O)c1cnc3ccccc3c1)C2. The molecule has 1 amide bonds. The zero-order valence-corrected chi connectivity index (χ0v) is 14.9. The van der Waals surface area contributed by atoms with Crippen LogP contribution in [-0.4, -0.2) is 60.4 Å². The van der Waals surface area contributed by atoms with Crippen molar-refractivity contribution in [2.75, 3.05) is 25.9 Å². The molecule has 0 saturated carbocycles. The Balaban J connectivity index is 1.63. The number of nitrogens with zero attached hydrogens (tertiary/aromatic N) is 3. The number of hydrogen-bond acceptors (Lipinski definition) is 4. The summed E-state index contributed by atoms with van der Waals surface area (Å²) in [4.78, 5) is 19.3. The van der Waals surface area contributed by atoms with Crippen LogP contribution in [0, 0.1) is 5.92 Å². The number of sulfonamides is 1. The molecule has 2 atom stereocenters. The first-order valence-electron chi connectivity index (χ1n) is 8.53. The standard InChI is InChI=1S/C18H21N3O3S/c1-25(23,24)20-10-13-6-7-16(12-20)21(11-13)18(22)15-8-14-4-2-3-5-17(14)19-9-15/h2-5,8-9,13,16H,6-7,10-12H2,1H3/t13-,16+/m1/s1.